The summed E-state index contributed by atoms with van der Waals surface area (Å²) in [6.07, 6.45) is 1.24. The molecule has 0 aromatic carbocycles. The SMILES string of the molecule is CC(C)CNS(=O)(=O)c1ccc(Cl)nc1. The highest BCUT2D eigenvalue weighted by atomic mass is 35.5. The van der Waals surface area contributed by atoms with Crippen LogP contribution in [0.2, 0.25) is 5.15 Å². The van der Waals surface area contributed by atoms with Gasteiger partial charge < -0.3 is 0 Å². The summed E-state index contributed by atoms with van der Waals surface area (Å²) in [6, 6.07) is 2.88. The van der Waals surface area contributed by atoms with E-state index in [1.807, 2.05) is 13.8 Å². The number of halogens is 1. The van der Waals surface area contributed by atoms with Crippen LogP contribution in [0.5, 0.6) is 0 Å². The molecule has 0 bridgehead atoms. The molecule has 0 saturated carbocycles. The number of hydrogen-bond donors (Lipinski definition) is 1. The molecule has 0 saturated heterocycles. The first kappa shape index (κ1) is 12.4. The van der Waals surface area contributed by atoms with Crippen molar-refractivity contribution in [3.05, 3.63) is 23.5 Å². The molecule has 6 heteroatoms. The summed E-state index contributed by atoms with van der Waals surface area (Å²) in [6.45, 7) is 4.27. The van der Waals surface area contributed by atoms with Crippen LogP contribution in [-0.2, 0) is 10.0 Å². The van der Waals surface area contributed by atoms with Gasteiger partial charge in [-0.05, 0) is 18.1 Å². The van der Waals surface area contributed by atoms with Crippen LogP contribution in [0.15, 0.2) is 23.2 Å². The van der Waals surface area contributed by atoms with E-state index in [1.165, 1.54) is 18.3 Å². The summed E-state index contributed by atoms with van der Waals surface area (Å²) in [5.41, 5.74) is 0. The third-order valence-corrected chi connectivity index (χ3v) is 3.32. The number of sulfonamides is 1. The molecule has 0 spiro atoms. The normalized spacial score (nSPS) is 12.0. The van der Waals surface area contributed by atoms with Crippen molar-refractivity contribution in [2.45, 2.75) is 18.7 Å². The van der Waals surface area contributed by atoms with Crippen molar-refractivity contribution >= 4 is 21.6 Å². The quantitative estimate of drug-likeness (QED) is 0.825. The zero-order chi connectivity index (χ0) is 11.5. The maximum absolute atomic E-state index is 11.7. The molecule has 1 aromatic rings. The fourth-order valence-corrected chi connectivity index (χ4v) is 2.15. The van der Waals surface area contributed by atoms with Crippen molar-refractivity contribution in [3.63, 3.8) is 0 Å². The lowest BCUT2D eigenvalue weighted by atomic mass is 10.2. The number of aromatic nitrogens is 1. The van der Waals surface area contributed by atoms with Gasteiger partial charge in [0, 0.05) is 12.7 Å². The van der Waals surface area contributed by atoms with Crippen molar-refractivity contribution < 1.29 is 8.42 Å². The molecule has 1 aromatic heterocycles. The van der Waals surface area contributed by atoms with Gasteiger partial charge in [0.25, 0.3) is 0 Å². The summed E-state index contributed by atoms with van der Waals surface area (Å²) in [4.78, 5) is 3.85. The highest BCUT2D eigenvalue weighted by Gasteiger charge is 2.14. The van der Waals surface area contributed by atoms with Gasteiger partial charge >= 0.3 is 0 Å². The highest BCUT2D eigenvalue weighted by molar-refractivity contribution is 7.89. The number of rotatable bonds is 4. The topological polar surface area (TPSA) is 59.1 Å². The summed E-state index contributed by atoms with van der Waals surface area (Å²) < 4.78 is 25.8. The van der Waals surface area contributed by atoms with E-state index in [-0.39, 0.29) is 16.0 Å². The lowest BCUT2D eigenvalue weighted by Gasteiger charge is -2.08. The van der Waals surface area contributed by atoms with E-state index in [4.69, 9.17) is 11.6 Å². The molecule has 0 fully saturated rings. The van der Waals surface area contributed by atoms with E-state index in [0.29, 0.717) is 6.54 Å². The van der Waals surface area contributed by atoms with Gasteiger partial charge in [-0.25, -0.2) is 18.1 Å². The zero-order valence-electron chi connectivity index (χ0n) is 8.57. The molecule has 0 aliphatic carbocycles. The first-order valence-electron chi connectivity index (χ1n) is 4.53. The fourth-order valence-electron chi connectivity index (χ4n) is 0.881. The Balaban J connectivity index is 2.82. The molecule has 84 valence electrons. The average Bonchev–Trinajstić information content (AvgIpc) is 2.16. The minimum atomic E-state index is -3.44. The molecule has 0 aliphatic rings. The molecule has 15 heavy (non-hydrogen) atoms. The Kier molecular flexibility index (Phi) is 4.07. The molecule has 1 rings (SSSR count). The monoisotopic (exact) mass is 248 g/mol. The summed E-state index contributed by atoms with van der Waals surface area (Å²) in [5.74, 6) is 0.264. The van der Waals surface area contributed by atoms with E-state index >= 15 is 0 Å². The molecule has 0 amide bonds. The molecular weight excluding hydrogens is 236 g/mol. The van der Waals surface area contributed by atoms with Crippen LogP contribution < -0.4 is 4.72 Å². The largest absolute Gasteiger partial charge is 0.243 e. The number of nitrogens with zero attached hydrogens (tertiary/aromatic N) is 1. The van der Waals surface area contributed by atoms with Crippen LogP contribution in [-0.4, -0.2) is 19.9 Å². The fraction of sp³-hybridized carbons (Fsp3) is 0.444. The summed E-state index contributed by atoms with van der Waals surface area (Å²) in [5, 5.41) is 0.276. The van der Waals surface area contributed by atoms with Gasteiger partial charge in [-0.3, -0.25) is 0 Å². The van der Waals surface area contributed by atoms with Gasteiger partial charge in [0.15, 0.2) is 0 Å². The molecule has 0 radical (unpaired) electrons. The molecule has 1 heterocycles. The van der Waals surface area contributed by atoms with E-state index in [2.05, 4.69) is 9.71 Å². The van der Waals surface area contributed by atoms with Crippen molar-refractivity contribution in [2.75, 3.05) is 6.54 Å². The van der Waals surface area contributed by atoms with Crippen LogP contribution in [0.3, 0.4) is 0 Å². The van der Waals surface area contributed by atoms with Crippen LogP contribution in [0.1, 0.15) is 13.8 Å². The second-order valence-corrected chi connectivity index (χ2v) is 5.72. The van der Waals surface area contributed by atoms with Crippen LogP contribution in [0.25, 0.3) is 0 Å². The van der Waals surface area contributed by atoms with Gasteiger partial charge in [0.05, 0.1) is 0 Å². The van der Waals surface area contributed by atoms with Gasteiger partial charge in [-0.1, -0.05) is 25.4 Å². The van der Waals surface area contributed by atoms with Crippen LogP contribution >= 0.6 is 11.6 Å². The second-order valence-electron chi connectivity index (χ2n) is 3.56. The first-order valence-corrected chi connectivity index (χ1v) is 6.39. The van der Waals surface area contributed by atoms with E-state index in [9.17, 15) is 8.42 Å². The minimum Gasteiger partial charge on any atom is -0.243 e. The predicted molar refractivity (Wildman–Crippen MR) is 59.3 cm³/mol. The molecule has 4 nitrogen and oxygen atoms in total. The van der Waals surface area contributed by atoms with Crippen LogP contribution in [0.4, 0.5) is 0 Å². The maximum atomic E-state index is 11.7. The van der Waals surface area contributed by atoms with Crippen molar-refractivity contribution in [3.8, 4) is 0 Å². The van der Waals surface area contributed by atoms with Crippen molar-refractivity contribution in [2.24, 2.45) is 5.92 Å². The first-order chi connectivity index (χ1) is 6.92. The molecule has 0 unspecified atom stereocenters. The molecule has 0 atom stereocenters. The Labute approximate surface area is 94.7 Å². The van der Waals surface area contributed by atoms with Gasteiger partial charge in [-0.15, -0.1) is 0 Å². The van der Waals surface area contributed by atoms with Crippen molar-refractivity contribution in [1.29, 1.82) is 0 Å². The standard InChI is InChI=1S/C9H13ClN2O2S/c1-7(2)5-12-15(13,14)8-3-4-9(10)11-6-8/h3-4,6-7,12H,5H2,1-2H3. The average molecular weight is 249 g/mol. The van der Waals surface area contributed by atoms with Crippen molar-refractivity contribution in [1.82, 2.24) is 9.71 Å². The predicted octanol–water partition coefficient (Wildman–Crippen LogP) is 1.67. The Morgan fingerprint density at radius 1 is 1.47 bits per heavy atom. The summed E-state index contributed by atoms with van der Waals surface area (Å²) in [7, 11) is -3.44. The Hall–Kier alpha value is -0.650. The highest BCUT2D eigenvalue weighted by Crippen LogP contribution is 2.10. The number of nitrogens with one attached hydrogen (secondary N) is 1. The smallest absolute Gasteiger partial charge is 0.242 e. The van der Waals surface area contributed by atoms with Gasteiger partial charge in [0.1, 0.15) is 10.0 Å². The van der Waals surface area contributed by atoms with Crippen LogP contribution in [0, 0.1) is 5.92 Å². The Morgan fingerprint density at radius 3 is 2.60 bits per heavy atom. The van der Waals surface area contributed by atoms with E-state index in [0.717, 1.165) is 0 Å². The van der Waals surface area contributed by atoms with E-state index in [1.54, 1.807) is 0 Å². The van der Waals surface area contributed by atoms with Gasteiger partial charge in [-0.2, -0.15) is 0 Å². The lowest BCUT2D eigenvalue weighted by molar-refractivity contribution is 0.560. The number of hydrogen-bond acceptors (Lipinski definition) is 3. The molecule has 0 aliphatic heterocycles. The lowest BCUT2D eigenvalue weighted by Crippen LogP contribution is -2.27. The number of pyridine rings is 1. The Bertz CT molecular complexity index is 414. The molecular formula is C9H13ClN2O2S. The second kappa shape index (κ2) is 4.92. The molecule has 1 N–H and O–H groups in total. The third kappa shape index (κ3) is 3.77. The maximum Gasteiger partial charge on any atom is 0.242 e. The Morgan fingerprint density at radius 2 is 2.13 bits per heavy atom. The zero-order valence-corrected chi connectivity index (χ0v) is 10.1. The van der Waals surface area contributed by atoms with Gasteiger partial charge in [0.2, 0.25) is 10.0 Å². The van der Waals surface area contributed by atoms with E-state index < -0.39 is 10.0 Å². The third-order valence-electron chi connectivity index (χ3n) is 1.69. The summed E-state index contributed by atoms with van der Waals surface area (Å²) >= 11 is 5.56. The minimum absolute atomic E-state index is 0.132.